The van der Waals surface area contributed by atoms with Gasteiger partial charge < -0.3 is 14.6 Å². The van der Waals surface area contributed by atoms with Gasteiger partial charge in [0.2, 0.25) is 5.75 Å². The number of fused-ring (bicyclic) bond motifs is 1. The van der Waals surface area contributed by atoms with Gasteiger partial charge in [-0.1, -0.05) is 12.1 Å². The number of carboxylic acids is 1. The molecule has 1 aromatic heterocycles. The highest BCUT2D eigenvalue weighted by Crippen LogP contribution is 2.32. The Morgan fingerprint density at radius 2 is 1.84 bits per heavy atom. The molecule has 0 saturated carbocycles. The number of halogens is 1. The van der Waals surface area contributed by atoms with Crippen molar-refractivity contribution in [3.8, 4) is 11.6 Å². The van der Waals surface area contributed by atoms with Crippen molar-refractivity contribution in [1.82, 2.24) is 4.98 Å². The maximum Gasteiger partial charge on any atom is 0.300 e. The molecule has 0 bridgehead atoms. The third-order valence-corrected chi connectivity index (χ3v) is 2.15. The Kier molecular flexibility index (Phi) is 5.05. The molecule has 6 heteroatoms. The SMILES string of the molecule is CC(=O)O.COc1nc2ccccc2c(F)c1OC. The number of pyridine rings is 1. The fraction of sp³-hybridized carbons (Fsp3) is 0.231. The van der Waals surface area contributed by atoms with Crippen molar-refractivity contribution >= 4 is 16.9 Å². The van der Waals surface area contributed by atoms with Crippen LogP contribution in [0, 0.1) is 5.82 Å². The van der Waals surface area contributed by atoms with E-state index in [9.17, 15) is 4.39 Å². The molecule has 0 atom stereocenters. The van der Waals surface area contributed by atoms with Gasteiger partial charge in [-0.15, -0.1) is 0 Å². The number of benzene rings is 1. The second-order valence-electron chi connectivity index (χ2n) is 3.50. The highest BCUT2D eigenvalue weighted by Gasteiger charge is 2.15. The highest BCUT2D eigenvalue weighted by atomic mass is 19.1. The first kappa shape index (κ1) is 14.7. The van der Waals surface area contributed by atoms with E-state index in [1.807, 2.05) is 0 Å². The third-order valence-electron chi connectivity index (χ3n) is 2.15. The summed E-state index contributed by atoms with van der Waals surface area (Å²) in [6.45, 7) is 1.08. The Bertz CT molecular complexity index is 582. The predicted molar refractivity (Wildman–Crippen MR) is 68.1 cm³/mol. The lowest BCUT2D eigenvalue weighted by Crippen LogP contribution is -1.97. The molecule has 1 N–H and O–H groups in total. The topological polar surface area (TPSA) is 68.7 Å². The zero-order valence-corrected chi connectivity index (χ0v) is 10.8. The molecular formula is C13H14FNO4. The van der Waals surface area contributed by atoms with Crippen molar-refractivity contribution < 1.29 is 23.8 Å². The molecule has 0 aliphatic carbocycles. The van der Waals surface area contributed by atoms with E-state index in [4.69, 9.17) is 19.4 Å². The Hall–Kier alpha value is -2.37. The lowest BCUT2D eigenvalue weighted by atomic mass is 10.2. The van der Waals surface area contributed by atoms with Crippen LogP contribution in [0.2, 0.25) is 0 Å². The molecule has 5 nitrogen and oxygen atoms in total. The Morgan fingerprint density at radius 1 is 1.26 bits per heavy atom. The van der Waals surface area contributed by atoms with Crippen molar-refractivity contribution in [1.29, 1.82) is 0 Å². The Balaban J connectivity index is 0.000000399. The van der Waals surface area contributed by atoms with Crippen LogP contribution < -0.4 is 9.47 Å². The summed E-state index contributed by atoms with van der Waals surface area (Å²) in [6, 6.07) is 6.92. The lowest BCUT2D eigenvalue weighted by Gasteiger charge is -2.09. The van der Waals surface area contributed by atoms with Gasteiger partial charge in [-0.2, -0.15) is 0 Å². The standard InChI is InChI=1S/C11H10FNO2.C2H4O2/c1-14-10-9(12)7-5-3-4-6-8(7)13-11(10)15-2;1-2(3)4/h3-6H,1-2H3;1H3,(H,3,4). The first-order valence-corrected chi connectivity index (χ1v) is 5.37. The van der Waals surface area contributed by atoms with Gasteiger partial charge in [0.15, 0.2) is 5.82 Å². The van der Waals surface area contributed by atoms with Crippen LogP contribution in [0.3, 0.4) is 0 Å². The fourth-order valence-corrected chi connectivity index (χ4v) is 1.45. The van der Waals surface area contributed by atoms with Crippen LogP contribution in [0.5, 0.6) is 11.6 Å². The third kappa shape index (κ3) is 3.54. The summed E-state index contributed by atoms with van der Waals surface area (Å²) in [5.41, 5.74) is 0.549. The van der Waals surface area contributed by atoms with Crippen molar-refractivity contribution in [2.45, 2.75) is 6.92 Å². The molecular weight excluding hydrogens is 253 g/mol. The predicted octanol–water partition coefficient (Wildman–Crippen LogP) is 2.48. The molecule has 0 fully saturated rings. The number of hydrogen-bond acceptors (Lipinski definition) is 4. The lowest BCUT2D eigenvalue weighted by molar-refractivity contribution is -0.134. The molecule has 2 aromatic rings. The number of para-hydroxylation sites is 1. The summed E-state index contributed by atoms with van der Waals surface area (Å²) in [6.07, 6.45) is 0. The summed E-state index contributed by atoms with van der Waals surface area (Å²) < 4.78 is 23.7. The average molecular weight is 267 g/mol. The first-order chi connectivity index (χ1) is 9.01. The van der Waals surface area contributed by atoms with Gasteiger partial charge in [-0.3, -0.25) is 4.79 Å². The van der Waals surface area contributed by atoms with Crippen LogP contribution in [0.15, 0.2) is 24.3 Å². The smallest absolute Gasteiger partial charge is 0.300 e. The molecule has 1 aromatic carbocycles. The van der Waals surface area contributed by atoms with E-state index in [1.165, 1.54) is 14.2 Å². The van der Waals surface area contributed by atoms with Crippen LogP contribution in [0.25, 0.3) is 10.9 Å². The van der Waals surface area contributed by atoms with Crippen molar-refractivity contribution in [2.75, 3.05) is 14.2 Å². The van der Waals surface area contributed by atoms with E-state index in [-0.39, 0.29) is 11.6 Å². The zero-order valence-electron chi connectivity index (χ0n) is 10.8. The van der Waals surface area contributed by atoms with E-state index >= 15 is 0 Å². The molecule has 1 heterocycles. The summed E-state index contributed by atoms with van der Waals surface area (Å²) in [7, 11) is 2.82. The van der Waals surface area contributed by atoms with Crippen LogP contribution in [0.4, 0.5) is 4.39 Å². The minimum absolute atomic E-state index is 0.0381. The summed E-state index contributed by atoms with van der Waals surface area (Å²) in [5, 5.41) is 7.84. The number of ether oxygens (including phenoxy) is 2. The van der Waals surface area contributed by atoms with Crippen LogP contribution >= 0.6 is 0 Å². The van der Waals surface area contributed by atoms with Gasteiger partial charge in [0.05, 0.1) is 19.7 Å². The van der Waals surface area contributed by atoms with Gasteiger partial charge in [0.1, 0.15) is 0 Å². The van der Waals surface area contributed by atoms with Gasteiger partial charge in [0, 0.05) is 12.3 Å². The second-order valence-corrected chi connectivity index (χ2v) is 3.50. The maximum absolute atomic E-state index is 13.9. The van der Waals surface area contributed by atoms with Crippen molar-refractivity contribution in [3.63, 3.8) is 0 Å². The number of carboxylic acid groups (broad SMARTS) is 1. The number of hydrogen-bond donors (Lipinski definition) is 1. The van der Waals surface area contributed by atoms with Crippen LogP contribution in [-0.4, -0.2) is 30.3 Å². The molecule has 2 rings (SSSR count). The van der Waals surface area contributed by atoms with Gasteiger partial charge >= 0.3 is 0 Å². The molecule has 0 amide bonds. The van der Waals surface area contributed by atoms with E-state index in [2.05, 4.69) is 4.98 Å². The molecule has 0 spiro atoms. The summed E-state index contributed by atoms with van der Waals surface area (Å²) in [5.74, 6) is -1.08. The molecule has 0 aliphatic heterocycles. The number of nitrogens with zero attached hydrogens (tertiary/aromatic N) is 1. The molecule has 0 saturated heterocycles. The minimum Gasteiger partial charge on any atom is -0.489 e. The van der Waals surface area contributed by atoms with E-state index in [1.54, 1.807) is 24.3 Å². The number of methoxy groups -OCH3 is 2. The zero-order chi connectivity index (χ0) is 14.4. The van der Waals surface area contributed by atoms with Gasteiger partial charge in [0.25, 0.3) is 11.8 Å². The quantitative estimate of drug-likeness (QED) is 0.905. The fourth-order valence-electron chi connectivity index (χ4n) is 1.45. The largest absolute Gasteiger partial charge is 0.489 e. The number of rotatable bonds is 2. The van der Waals surface area contributed by atoms with E-state index in [0.717, 1.165) is 6.92 Å². The van der Waals surface area contributed by atoms with Crippen molar-refractivity contribution in [2.24, 2.45) is 0 Å². The van der Waals surface area contributed by atoms with Gasteiger partial charge in [-0.25, -0.2) is 9.37 Å². The molecule has 19 heavy (non-hydrogen) atoms. The highest BCUT2D eigenvalue weighted by molar-refractivity contribution is 5.81. The maximum atomic E-state index is 13.9. The Labute approximate surface area is 109 Å². The molecule has 102 valence electrons. The van der Waals surface area contributed by atoms with Crippen LogP contribution in [0.1, 0.15) is 6.92 Å². The van der Waals surface area contributed by atoms with Crippen molar-refractivity contribution in [3.05, 3.63) is 30.1 Å². The van der Waals surface area contributed by atoms with Gasteiger partial charge in [-0.05, 0) is 12.1 Å². The van der Waals surface area contributed by atoms with E-state index in [0.29, 0.717) is 10.9 Å². The molecule has 0 unspecified atom stereocenters. The Morgan fingerprint density at radius 3 is 2.37 bits per heavy atom. The number of carbonyl (C=O) groups is 1. The molecule has 0 aliphatic rings. The number of aromatic nitrogens is 1. The monoisotopic (exact) mass is 267 g/mol. The first-order valence-electron chi connectivity index (χ1n) is 5.37. The van der Waals surface area contributed by atoms with Crippen LogP contribution in [-0.2, 0) is 4.79 Å². The normalized spacial score (nSPS) is 9.47. The van der Waals surface area contributed by atoms with E-state index < -0.39 is 11.8 Å². The molecule has 0 radical (unpaired) electrons. The summed E-state index contributed by atoms with van der Waals surface area (Å²) >= 11 is 0. The number of aliphatic carboxylic acids is 1. The minimum atomic E-state index is -0.833. The average Bonchev–Trinajstić information content (AvgIpc) is 2.38. The second kappa shape index (κ2) is 6.53. The summed E-state index contributed by atoms with van der Waals surface area (Å²) in [4.78, 5) is 13.1.